The molecule has 0 aliphatic rings. The molecular weight excluding hydrogens is 160 g/mol. The van der Waals surface area contributed by atoms with Crippen molar-refractivity contribution in [2.24, 2.45) is 11.8 Å². The van der Waals surface area contributed by atoms with Gasteiger partial charge in [0.05, 0.1) is 0 Å². The van der Waals surface area contributed by atoms with Crippen molar-refractivity contribution in [2.75, 3.05) is 6.61 Å². The van der Waals surface area contributed by atoms with Gasteiger partial charge in [0.15, 0.2) is 0 Å². The average Bonchev–Trinajstić information content (AvgIpc) is 2.04. The van der Waals surface area contributed by atoms with E-state index < -0.39 is 0 Å². The predicted molar refractivity (Wildman–Crippen MR) is 58.7 cm³/mol. The molecule has 2 atom stereocenters. The van der Waals surface area contributed by atoms with Gasteiger partial charge in [0.25, 0.3) is 0 Å². The summed E-state index contributed by atoms with van der Waals surface area (Å²) in [5, 5.41) is 8.79. The third-order valence-corrected chi connectivity index (χ3v) is 2.73. The van der Waals surface area contributed by atoms with Crippen LogP contribution < -0.4 is 0 Å². The van der Waals surface area contributed by atoms with Crippen LogP contribution in [0.4, 0.5) is 0 Å². The van der Waals surface area contributed by atoms with Gasteiger partial charge in [0.2, 0.25) is 0 Å². The molecule has 0 fully saturated rings. The van der Waals surface area contributed by atoms with Crippen LogP contribution >= 0.6 is 0 Å². The standard InChI is InChI=1S/C12H24O/c1-10(2)6-5-7-11(3)12(4)8-9-13/h6,11-13H,5,7-9H2,1-4H3. The van der Waals surface area contributed by atoms with Crippen LogP contribution in [0.1, 0.15) is 47.0 Å². The van der Waals surface area contributed by atoms with E-state index >= 15 is 0 Å². The maximum atomic E-state index is 8.79. The molecule has 0 amide bonds. The molecular formula is C12H24O. The Morgan fingerprint density at radius 1 is 1.15 bits per heavy atom. The van der Waals surface area contributed by atoms with E-state index in [1.807, 2.05) is 0 Å². The van der Waals surface area contributed by atoms with Crippen molar-refractivity contribution in [3.8, 4) is 0 Å². The van der Waals surface area contributed by atoms with E-state index in [4.69, 9.17) is 5.11 Å². The first-order chi connectivity index (χ1) is 6.07. The minimum atomic E-state index is 0.328. The van der Waals surface area contributed by atoms with Gasteiger partial charge in [0.1, 0.15) is 0 Å². The predicted octanol–water partition coefficient (Wildman–Crippen LogP) is 3.39. The van der Waals surface area contributed by atoms with Crippen LogP contribution in [-0.2, 0) is 0 Å². The number of hydrogen-bond acceptors (Lipinski definition) is 1. The summed E-state index contributed by atoms with van der Waals surface area (Å²) in [4.78, 5) is 0. The SMILES string of the molecule is CC(C)=CCCC(C)C(C)CCO. The van der Waals surface area contributed by atoms with E-state index in [-0.39, 0.29) is 0 Å². The summed E-state index contributed by atoms with van der Waals surface area (Å²) in [6, 6.07) is 0. The first-order valence-corrected chi connectivity index (χ1v) is 5.32. The Morgan fingerprint density at radius 3 is 2.15 bits per heavy atom. The third-order valence-electron chi connectivity index (χ3n) is 2.73. The molecule has 0 heterocycles. The second-order valence-electron chi connectivity index (χ2n) is 4.33. The van der Waals surface area contributed by atoms with Crippen LogP contribution in [0.15, 0.2) is 11.6 Å². The monoisotopic (exact) mass is 184 g/mol. The van der Waals surface area contributed by atoms with Crippen LogP contribution in [0.2, 0.25) is 0 Å². The quantitative estimate of drug-likeness (QED) is 0.627. The summed E-state index contributed by atoms with van der Waals surface area (Å²) in [7, 11) is 0. The fourth-order valence-electron chi connectivity index (χ4n) is 1.41. The lowest BCUT2D eigenvalue weighted by molar-refractivity contribution is 0.231. The average molecular weight is 184 g/mol. The highest BCUT2D eigenvalue weighted by molar-refractivity contribution is 4.92. The maximum Gasteiger partial charge on any atom is 0.0433 e. The van der Waals surface area contributed by atoms with Gasteiger partial charge >= 0.3 is 0 Å². The topological polar surface area (TPSA) is 20.2 Å². The Morgan fingerprint density at radius 2 is 1.69 bits per heavy atom. The third kappa shape index (κ3) is 6.83. The van der Waals surface area contributed by atoms with Crippen molar-refractivity contribution in [2.45, 2.75) is 47.0 Å². The minimum Gasteiger partial charge on any atom is -0.396 e. The normalized spacial score (nSPS) is 15.2. The molecule has 2 unspecified atom stereocenters. The Balaban J connectivity index is 3.61. The molecule has 0 aromatic heterocycles. The Labute approximate surface area is 82.9 Å². The molecule has 0 aliphatic heterocycles. The number of aliphatic hydroxyl groups is 1. The van der Waals surface area contributed by atoms with Crippen molar-refractivity contribution in [3.63, 3.8) is 0 Å². The second-order valence-corrected chi connectivity index (χ2v) is 4.33. The van der Waals surface area contributed by atoms with Crippen molar-refractivity contribution in [1.29, 1.82) is 0 Å². The zero-order chi connectivity index (χ0) is 10.3. The molecule has 0 rings (SSSR count). The number of rotatable bonds is 6. The van der Waals surface area contributed by atoms with Gasteiger partial charge in [-0.3, -0.25) is 0 Å². The van der Waals surface area contributed by atoms with E-state index in [1.54, 1.807) is 0 Å². The highest BCUT2D eigenvalue weighted by Gasteiger charge is 2.10. The van der Waals surface area contributed by atoms with Gasteiger partial charge in [-0.1, -0.05) is 25.5 Å². The lowest BCUT2D eigenvalue weighted by Gasteiger charge is -2.17. The van der Waals surface area contributed by atoms with Crippen LogP contribution in [0.3, 0.4) is 0 Å². The van der Waals surface area contributed by atoms with Crippen molar-refractivity contribution in [3.05, 3.63) is 11.6 Å². The first kappa shape index (κ1) is 12.7. The zero-order valence-corrected chi connectivity index (χ0v) is 9.51. The summed E-state index contributed by atoms with van der Waals surface area (Å²) in [6.07, 6.45) is 5.66. The summed E-state index contributed by atoms with van der Waals surface area (Å²) < 4.78 is 0. The van der Waals surface area contributed by atoms with Crippen LogP contribution in [0.5, 0.6) is 0 Å². The molecule has 0 aromatic rings. The van der Waals surface area contributed by atoms with Crippen molar-refractivity contribution in [1.82, 2.24) is 0 Å². The van der Waals surface area contributed by atoms with Crippen LogP contribution in [-0.4, -0.2) is 11.7 Å². The molecule has 0 spiro atoms. The molecule has 0 saturated carbocycles. The van der Waals surface area contributed by atoms with Gasteiger partial charge in [-0.2, -0.15) is 0 Å². The molecule has 1 nitrogen and oxygen atoms in total. The van der Waals surface area contributed by atoms with Crippen molar-refractivity contribution >= 4 is 0 Å². The van der Waals surface area contributed by atoms with E-state index in [9.17, 15) is 0 Å². The maximum absolute atomic E-state index is 8.79. The van der Waals surface area contributed by atoms with E-state index in [0.29, 0.717) is 12.5 Å². The lowest BCUT2D eigenvalue weighted by atomic mass is 9.89. The molecule has 1 N–H and O–H groups in total. The summed E-state index contributed by atoms with van der Waals surface area (Å²) in [6.45, 7) is 9.11. The molecule has 0 aliphatic carbocycles. The molecule has 1 heteroatoms. The highest BCUT2D eigenvalue weighted by Crippen LogP contribution is 2.20. The molecule has 0 saturated heterocycles. The Hall–Kier alpha value is -0.300. The van der Waals surface area contributed by atoms with Gasteiger partial charge < -0.3 is 5.11 Å². The Kier molecular flexibility index (Phi) is 6.97. The molecule has 13 heavy (non-hydrogen) atoms. The number of allylic oxidation sites excluding steroid dienone is 2. The zero-order valence-electron chi connectivity index (χ0n) is 9.51. The lowest BCUT2D eigenvalue weighted by Crippen LogP contribution is -2.09. The van der Waals surface area contributed by atoms with Gasteiger partial charge in [-0.05, 0) is 44.9 Å². The van der Waals surface area contributed by atoms with E-state index in [0.717, 1.165) is 12.3 Å². The van der Waals surface area contributed by atoms with Crippen molar-refractivity contribution < 1.29 is 5.11 Å². The molecule has 0 radical (unpaired) electrons. The fourth-order valence-corrected chi connectivity index (χ4v) is 1.41. The van der Waals surface area contributed by atoms with Crippen LogP contribution in [0.25, 0.3) is 0 Å². The van der Waals surface area contributed by atoms with Gasteiger partial charge in [-0.15, -0.1) is 0 Å². The molecule has 78 valence electrons. The van der Waals surface area contributed by atoms with E-state index in [1.165, 1.54) is 18.4 Å². The minimum absolute atomic E-state index is 0.328. The van der Waals surface area contributed by atoms with Gasteiger partial charge in [-0.25, -0.2) is 0 Å². The Bertz CT molecular complexity index is 145. The largest absolute Gasteiger partial charge is 0.396 e. The summed E-state index contributed by atoms with van der Waals surface area (Å²) >= 11 is 0. The summed E-state index contributed by atoms with van der Waals surface area (Å²) in [5.74, 6) is 1.37. The summed E-state index contributed by atoms with van der Waals surface area (Å²) in [5.41, 5.74) is 1.40. The molecule has 0 bridgehead atoms. The first-order valence-electron chi connectivity index (χ1n) is 5.32. The number of aliphatic hydroxyl groups excluding tert-OH is 1. The fraction of sp³-hybridized carbons (Fsp3) is 0.833. The smallest absolute Gasteiger partial charge is 0.0433 e. The van der Waals surface area contributed by atoms with Crippen LogP contribution in [0, 0.1) is 11.8 Å². The molecule has 0 aromatic carbocycles. The number of hydrogen-bond donors (Lipinski definition) is 1. The second kappa shape index (κ2) is 7.14. The van der Waals surface area contributed by atoms with E-state index in [2.05, 4.69) is 33.8 Å². The highest BCUT2D eigenvalue weighted by atomic mass is 16.3. The van der Waals surface area contributed by atoms with Gasteiger partial charge in [0, 0.05) is 6.61 Å².